The van der Waals surface area contributed by atoms with Crippen molar-refractivity contribution in [2.75, 3.05) is 13.6 Å². The number of piperidine rings is 1. The number of hydrogen-bond donors (Lipinski definition) is 3. The predicted octanol–water partition coefficient (Wildman–Crippen LogP) is 0.537. The number of likely N-dealkylation sites (tertiary alicyclic amines) is 1. The van der Waals surface area contributed by atoms with Gasteiger partial charge in [0.05, 0.1) is 19.8 Å². The maximum absolute atomic E-state index is 11.8. The van der Waals surface area contributed by atoms with Crippen molar-refractivity contribution in [3.63, 3.8) is 0 Å². The van der Waals surface area contributed by atoms with E-state index in [0.29, 0.717) is 18.5 Å². The van der Waals surface area contributed by atoms with Gasteiger partial charge in [-0.2, -0.15) is 0 Å². The fourth-order valence-corrected chi connectivity index (χ4v) is 5.02. The lowest BCUT2D eigenvalue weighted by atomic mass is 9.49. The largest absolute Gasteiger partial charge is 0.504 e. The van der Waals surface area contributed by atoms with Crippen LogP contribution in [0, 0.1) is 0 Å². The van der Waals surface area contributed by atoms with Gasteiger partial charge in [0.2, 0.25) is 0 Å². The first-order chi connectivity index (χ1) is 11.9. The Kier molecular flexibility index (Phi) is 1.67. The van der Waals surface area contributed by atoms with E-state index in [2.05, 4.69) is 0 Å². The number of rotatable bonds is 0. The number of benzene rings is 1. The van der Waals surface area contributed by atoms with Crippen LogP contribution in [0.4, 0.5) is 0 Å². The van der Waals surface area contributed by atoms with Crippen LogP contribution in [-0.4, -0.2) is 57.6 Å². The number of phenolic OH excluding ortho intramolecular Hbond substituents is 1. The molecule has 0 radical (unpaired) electrons. The molecule has 1 spiro atoms. The Labute approximate surface area is 134 Å². The van der Waals surface area contributed by atoms with Gasteiger partial charge in [-0.15, -0.1) is 0 Å². The second kappa shape index (κ2) is 3.78. The lowest BCUT2D eigenvalue weighted by molar-refractivity contribution is -0.204. The lowest BCUT2D eigenvalue weighted by Crippen LogP contribution is -2.76. The van der Waals surface area contributed by atoms with Crippen LogP contribution in [0.15, 0.2) is 12.1 Å². The highest BCUT2D eigenvalue weighted by Crippen LogP contribution is 2.65. The van der Waals surface area contributed by atoms with Crippen LogP contribution in [0.25, 0.3) is 0 Å². The minimum atomic E-state index is -2.92. The zero-order valence-corrected chi connectivity index (χ0v) is 12.3. The standard InChI is InChI=1S/C17H21NO4/c1-18-7-6-16-13-9-2-3-10(19)14(13)22-15(16)11(20)4-5-17(16,21)12(18)8-9/h2-3,11-12,15,19-21H,4-8H2,1H3/t11-,12-,15+,16+,17-/m1/s1/i4D2,11D,15D. The summed E-state index contributed by atoms with van der Waals surface area (Å²) in [5, 5.41) is 33.1. The number of likely N-dealkylation sites (N-methyl/N-ethyl adjacent to an activating group) is 1. The molecule has 118 valence electrons. The number of nitrogens with zero attached hydrogens (tertiary/aromatic N) is 1. The Hall–Kier alpha value is -1.30. The van der Waals surface area contributed by atoms with Crippen LogP contribution in [0.5, 0.6) is 11.5 Å². The second-order valence-corrected chi connectivity index (χ2v) is 6.86. The van der Waals surface area contributed by atoms with Crippen LogP contribution in [0.3, 0.4) is 0 Å². The highest BCUT2D eigenvalue weighted by Gasteiger charge is 2.72. The van der Waals surface area contributed by atoms with Crippen molar-refractivity contribution >= 4 is 0 Å². The molecular formula is C17H21NO4. The molecule has 0 amide bonds. The quantitative estimate of drug-likeness (QED) is 0.652. The smallest absolute Gasteiger partial charge is 0.165 e. The molecule has 2 aliphatic heterocycles. The fraction of sp³-hybridized carbons (Fsp3) is 0.647. The number of aliphatic hydroxyl groups is 2. The minimum absolute atomic E-state index is 0.0118. The third-order valence-corrected chi connectivity index (χ3v) is 6.06. The third kappa shape index (κ3) is 1.17. The fourth-order valence-electron chi connectivity index (χ4n) is 5.02. The molecule has 2 aliphatic carbocycles. The van der Waals surface area contributed by atoms with Gasteiger partial charge < -0.3 is 25.0 Å². The molecule has 1 aromatic carbocycles. The Morgan fingerprint density at radius 3 is 3.09 bits per heavy atom. The summed E-state index contributed by atoms with van der Waals surface area (Å²) in [5.74, 6) is -0.238. The molecule has 1 saturated carbocycles. The van der Waals surface area contributed by atoms with E-state index in [1.165, 1.54) is 6.07 Å². The first kappa shape index (κ1) is 9.75. The van der Waals surface area contributed by atoms with E-state index in [1.807, 2.05) is 11.9 Å². The molecule has 5 atom stereocenters. The Morgan fingerprint density at radius 2 is 2.27 bits per heavy atom. The van der Waals surface area contributed by atoms with Crippen LogP contribution < -0.4 is 4.74 Å². The van der Waals surface area contributed by atoms with Gasteiger partial charge >= 0.3 is 0 Å². The van der Waals surface area contributed by atoms with E-state index in [-0.39, 0.29) is 17.9 Å². The van der Waals surface area contributed by atoms with Gasteiger partial charge in [0.1, 0.15) is 6.08 Å². The van der Waals surface area contributed by atoms with E-state index in [0.717, 1.165) is 5.56 Å². The average molecular weight is 307 g/mol. The maximum Gasteiger partial charge on any atom is 0.165 e. The summed E-state index contributed by atoms with van der Waals surface area (Å²) >= 11 is 0. The number of ether oxygens (including phenoxy) is 1. The molecule has 5 rings (SSSR count). The van der Waals surface area contributed by atoms with Gasteiger partial charge in [0.15, 0.2) is 11.5 Å². The zero-order chi connectivity index (χ0) is 18.9. The maximum atomic E-state index is 11.8. The van der Waals surface area contributed by atoms with Gasteiger partial charge in [-0.25, -0.2) is 0 Å². The average Bonchev–Trinajstić information content (AvgIpc) is 2.81. The molecule has 5 heteroatoms. The van der Waals surface area contributed by atoms with E-state index < -0.39 is 42.0 Å². The monoisotopic (exact) mass is 307 g/mol. The van der Waals surface area contributed by atoms with E-state index in [4.69, 9.17) is 10.2 Å². The van der Waals surface area contributed by atoms with Crippen molar-refractivity contribution in [1.29, 1.82) is 0 Å². The first-order valence-corrected chi connectivity index (χ1v) is 7.62. The molecule has 3 N–H and O–H groups in total. The molecule has 2 fully saturated rings. The Morgan fingerprint density at radius 1 is 1.45 bits per heavy atom. The summed E-state index contributed by atoms with van der Waals surface area (Å²) in [5.41, 5.74) is -1.93. The normalized spacial score (nSPS) is 57.0. The molecular weight excluding hydrogens is 282 g/mol. The van der Waals surface area contributed by atoms with Crippen molar-refractivity contribution < 1.29 is 25.5 Å². The molecule has 2 bridgehead atoms. The molecule has 5 nitrogen and oxygen atoms in total. The molecule has 0 aromatic heterocycles. The van der Waals surface area contributed by atoms with Gasteiger partial charge in [-0.1, -0.05) is 6.07 Å². The Balaban J connectivity index is 1.93. The zero-order valence-electron chi connectivity index (χ0n) is 16.3. The highest BCUT2D eigenvalue weighted by atomic mass is 16.5. The summed E-state index contributed by atoms with van der Waals surface area (Å²) < 4.78 is 39.7. The first-order valence-electron chi connectivity index (χ1n) is 9.62. The Bertz CT molecular complexity index is 848. The molecule has 0 unspecified atom stereocenters. The van der Waals surface area contributed by atoms with Gasteiger partial charge in [0.25, 0.3) is 0 Å². The third-order valence-electron chi connectivity index (χ3n) is 6.06. The summed E-state index contributed by atoms with van der Waals surface area (Å²) in [6.07, 6.45) is -7.81. The summed E-state index contributed by atoms with van der Waals surface area (Å²) in [6, 6.07) is 2.70. The number of hydrogen-bond acceptors (Lipinski definition) is 5. The SMILES string of the molecule is [2H]C1([2H])C[C@@]2(O)[C@H]3Cc4ccc(O)c5c4[C@@]2(CCN3C)[C@@]([2H])(O5)[C@]1([2H])O. The van der Waals surface area contributed by atoms with Crippen molar-refractivity contribution in [1.82, 2.24) is 4.90 Å². The second-order valence-electron chi connectivity index (χ2n) is 6.86. The molecule has 1 aromatic rings. The van der Waals surface area contributed by atoms with Gasteiger partial charge in [0, 0.05) is 14.3 Å². The number of aromatic hydroxyl groups is 1. The minimum Gasteiger partial charge on any atom is -0.504 e. The van der Waals surface area contributed by atoms with Gasteiger partial charge in [-0.3, -0.25) is 0 Å². The lowest BCUT2D eigenvalue weighted by Gasteiger charge is -2.63. The van der Waals surface area contributed by atoms with Crippen LogP contribution in [-0.2, 0) is 11.8 Å². The van der Waals surface area contributed by atoms with Crippen molar-refractivity contribution in [3.05, 3.63) is 23.3 Å². The summed E-state index contributed by atoms with van der Waals surface area (Å²) in [4.78, 5) is 1.95. The van der Waals surface area contributed by atoms with Crippen LogP contribution in [0.2, 0.25) is 0 Å². The number of phenols is 1. The topological polar surface area (TPSA) is 73.2 Å². The molecule has 1 saturated heterocycles. The van der Waals surface area contributed by atoms with E-state index in [1.54, 1.807) is 6.07 Å². The molecule has 4 aliphatic rings. The molecule has 2 heterocycles. The van der Waals surface area contributed by atoms with Crippen molar-refractivity contribution in [2.45, 2.75) is 54.9 Å². The van der Waals surface area contributed by atoms with Crippen LogP contribution >= 0.6 is 0 Å². The van der Waals surface area contributed by atoms with Crippen LogP contribution in [0.1, 0.15) is 35.8 Å². The van der Waals surface area contributed by atoms with E-state index >= 15 is 0 Å². The molecule has 22 heavy (non-hydrogen) atoms. The van der Waals surface area contributed by atoms with Crippen molar-refractivity contribution in [3.8, 4) is 11.5 Å². The van der Waals surface area contributed by atoms with Crippen molar-refractivity contribution in [2.24, 2.45) is 0 Å². The summed E-state index contributed by atoms with van der Waals surface area (Å²) in [7, 11) is 1.85. The van der Waals surface area contributed by atoms with Gasteiger partial charge in [-0.05, 0) is 50.9 Å². The summed E-state index contributed by atoms with van der Waals surface area (Å²) in [6.45, 7) is 0.505. The highest BCUT2D eigenvalue weighted by molar-refractivity contribution is 5.62. The predicted molar refractivity (Wildman–Crippen MR) is 79.1 cm³/mol. The van der Waals surface area contributed by atoms with E-state index in [9.17, 15) is 15.3 Å².